The number of esters is 1. The summed E-state index contributed by atoms with van der Waals surface area (Å²) in [6.45, 7) is 1.74. The predicted octanol–water partition coefficient (Wildman–Crippen LogP) is 2.46. The number of methoxy groups -OCH3 is 1. The zero-order valence-corrected chi connectivity index (χ0v) is 12.8. The summed E-state index contributed by atoms with van der Waals surface area (Å²) >= 11 is 0. The third-order valence-corrected chi connectivity index (χ3v) is 4.79. The van der Waals surface area contributed by atoms with Crippen molar-refractivity contribution < 1.29 is 19.1 Å². The van der Waals surface area contributed by atoms with Crippen molar-refractivity contribution in [3.8, 4) is 0 Å². The molecule has 1 saturated heterocycles. The third kappa shape index (κ3) is 2.12. The van der Waals surface area contributed by atoms with E-state index in [1.807, 2.05) is 0 Å². The molecule has 5 heteroatoms. The molecule has 0 radical (unpaired) electrons. The minimum absolute atomic E-state index is 0.125. The van der Waals surface area contributed by atoms with E-state index in [1.165, 1.54) is 12.0 Å². The van der Waals surface area contributed by atoms with Crippen molar-refractivity contribution in [3.63, 3.8) is 0 Å². The van der Waals surface area contributed by atoms with Gasteiger partial charge in [0.25, 0.3) is 0 Å². The first-order valence-corrected chi connectivity index (χ1v) is 7.62. The van der Waals surface area contributed by atoms with Gasteiger partial charge in [0.05, 0.1) is 30.2 Å². The van der Waals surface area contributed by atoms with E-state index in [2.05, 4.69) is 0 Å². The zero-order valence-electron chi connectivity index (χ0n) is 12.8. The number of imide groups is 1. The molecule has 2 fully saturated rings. The number of hydrogen-bond donors (Lipinski definition) is 0. The van der Waals surface area contributed by atoms with Gasteiger partial charge in [-0.2, -0.15) is 0 Å². The van der Waals surface area contributed by atoms with Gasteiger partial charge in [-0.3, -0.25) is 9.59 Å². The maximum Gasteiger partial charge on any atom is 0.338 e. The Morgan fingerprint density at radius 2 is 1.73 bits per heavy atom. The molecule has 0 N–H and O–H groups in total. The van der Waals surface area contributed by atoms with E-state index < -0.39 is 5.97 Å². The first kappa shape index (κ1) is 14.8. The number of ether oxygens (including phenoxy) is 1. The van der Waals surface area contributed by atoms with Crippen LogP contribution < -0.4 is 4.90 Å². The van der Waals surface area contributed by atoms with Gasteiger partial charge in [0.2, 0.25) is 11.8 Å². The fourth-order valence-corrected chi connectivity index (χ4v) is 3.60. The van der Waals surface area contributed by atoms with Gasteiger partial charge in [-0.15, -0.1) is 0 Å². The lowest BCUT2D eigenvalue weighted by Crippen LogP contribution is -2.31. The molecule has 0 spiro atoms. The molecule has 2 atom stereocenters. The molecule has 2 unspecified atom stereocenters. The van der Waals surface area contributed by atoms with Gasteiger partial charge in [-0.05, 0) is 37.5 Å². The topological polar surface area (TPSA) is 63.7 Å². The molecule has 1 aliphatic carbocycles. The Balaban J connectivity index is 2.02. The second-order valence-corrected chi connectivity index (χ2v) is 5.95. The van der Waals surface area contributed by atoms with Crippen molar-refractivity contribution in [2.45, 2.75) is 32.6 Å². The molecule has 2 aliphatic rings. The molecule has 1 saturated carbocycles. The zero-order chi connectivity index (χ0) is 15.9. The molecule has 3 rings (SSSR count). The average molecular weight is 301 g/mol. The van der Waals surface area contributed by atoms with Crippen LogP contribution in [0.4, 0.5) is 5.69 Å². The molecule has 2 amide bonds. The molecular weight excluding hydrogens is 282 g/mol. The number of rotatable bonds is 2. The van der Waals surface area contributed by atoms with E-state index in [4.69, 9.17) is 4.74 Å². The number of anilines is 1. The van der Waals surface area contributed by atoms with Crippen molar-refractivity contribution in [2.24, 2.45) is 11.8 Å². The standard InChI is InChI=1S/C17H19NO4/c1-10-11(17(21)22-2)8-5-9-14(10)18-15(19)12-6-3-4-7-13(12)16(18)20/h5,8-9,12-13H,3-4,6-7H2,1-2H3. The van der Waals surface area contributed by atoms with Crippen LogP contribution in [0.1, 0.15) is 41.6 Å². The van der Waals surface area contributed by atoms with Gasteiger partial charge in [0.1, 0.15) is 0 Å². The molecule has 1 aliphatic heterocycles. The summed E-state index contributed by atoms with van der Waals surface area (Å²) < 4.78 is 4.76. The van der Waals surface area contributed by atoms with E-state index >= 15 is 0 Å². The van der Waals surface area contributed by atoms with Gasteiger partial charge in [-0.25, -0.2) is 9.69 Å². The summed E-state index contributed by atoms with van der Waals surface area (Å²) in [5.74, 6) is -1.10. The summed E-state index contributed by atoms with van der Waals surface area (Å²) in [6.07, 6.45) is 3.55. The molecule has 0 aromatic heterocycles. The van der Waals surface area contributed by atoms with Gasteiger partial charge in [0.15, 0.2) is 0 Å². The highest BCUT2D eigenvalue weighted by Gasteiger charge is 2.49. The fourth-order valence-electron chi connectivity index (χ4n) is 3.60. The van der Waals surface area contributed by atoms with Crippen LogP contribution in [0, 0.1) is 18.8 Å². The first-order valence-electron chi connectivity index (χ1n) is 7.62. The Morgan fingerprint density at radius 3 is 2.27 bits per heavy atom. The summed E-state index contributed by atoms with van der Waals surface area (Å²) in [7, 11) is 1.31. The number of benzene rings is 1. The Hall–Kier alpha value is -2.17. The summed E-state index contributed by atoms with van der Waals surface area (Å²) in [4.78, 5) is 38.4. The summed E-state index contributed by atoms with van der Waals surface area (Å²) in [5, 5.41) is 0. The van der Waals surface area contributed by atoms with Gasteiger partial charge in [0, 0.05) is 0 Å². The van der Waals surface area contributed by atoms with Crippen LogP contribution in [-0.2, 0) is 14.3 Å². The van der Waals surface area contributed by atoms with E-state index in [0.29, 0.717) is 16.8 Å². The maximum atomic E-state index is 12.6. The van der Waals surface area contributed by atoms with Crippen molar-refractivity contribution in [1.82, 2.24) is 0 Å². The summed E-state index contributed by atoms with van der Waals surface area (Å²) in [5.41, 5.74) is 1.50. The van der Waals surface area contributed by atoms with Crippen LogP contribution in [0.3, 0.4) is 0 Å². The highest BCUT2D eigenvalue weighted by atomic mass is 16.5. The van der Waals surface area contributed by atoms with E-state index in [1.54, 1.807) is 25.1 Å². The second-order valence-electron chi connectivity index (χ2n) is 5.95. The number of amides is 2. The lowest BCUT2D eigenvalue weighted by molar-refractivity contribution is -0.122. The smallest absolute Gasteiger partial charge is 0.338 e. The Labute approximate surface area is 129 Å². The quantitative estimate of drug-likeness (QED) is 0.622. The maximum absolute atomic E-state index is 12.6. The Bertz CT molecular complexity index is 628. The van der Waals surface area contributed by atoms with Crippen LogP contribution in [0.2, 0.25) is 0 Å². The number of carbonyl (C=O) groups is 3. The SMILES string of the molecule is COC(=O)c1cccc(N2C(=O)C3CCCCC3C2=O)c1C. The van der Waals surface area contributed by atoms with Crippen LogP contribution >= 0.6 is 0 Å². The van der Waals surface area contributed by atoms with Crippen LogP contribution in [0.5, 0.6) is 0 Å². The lowest BCUT2D eigenvalue weighted by atomic mass is 9.81. The van der Waals surface area contributed by atoms with Crippen LogP contribution in [0.15, 0.2) is 18.2 Å². The monoisotopic (exact) mass is 301 g/mol. The van der Waals surface area contributed by atoms with Gasteiger partial charge >= 0.3 is 5.97 Å². The molecular formula is C17H19NO4. The minimum Gasteiger partial charge on any atom is -0.465 e. The van der Waals surface area contributed by atoms with Crippen molar-refractivity contribution in [1.29, 1.82) is 0 Å². The number of hydrogen-bond acceptors (Lipinski definition) is 4. The van der Waals surface area contributed by atoms with Crippen LogP contribution in [0.25, 0.3) is 0 Å². The molecule has 0 bridgehead atoms. The molecule has 5 nitrogen and oxygen atoms in total. The third-order valence-electron chi connectivity index (χ3n) is 4.79. The molecule has 1 aromatic rings. The molecule has 1 heterocycles. The van der Waals surface area contributed by atoms with Crippen molar-refractivity contribution in [2.75, 3.05) is 12.0 Å². The van der Waals surface area contributed by atoms with Crippen LogP contribution in [-0.4, -0.2) is 24.9 Å². The second kappa shape index (κ2) is 5.55. The van der Waals surface area contributed by atoms with Gasteiger partial charge < -0.3 is 4.74 Å². The highest BCUT2D eigenvalue weighted by molar-refractivity contribution is 6.22. The van der Waals surface area contributed by atoms with Crippen molar-refractivity contribution >= 4 is 23.5 Å². The highest BCUT2D eigenvalue weighted by Crippen LogP contribution is 2.41. The van der Waals surface area contributed by atoms with E-state index in [9.17, 15) is 14.4 Å². The number of carbonyl (C=O) groups excluding carboxylic acids is 3. The normalized spacial score (nSPS) is 24.4. The molecule has 1 aromatic carbocycles. The fraction of sp³-hybridized carbons (Fsp3) is 0.471. The lowest BCUT2D eigenvalue weighted by Gasteiger charge is -2.19. The largest absolute Gasteiger partial charge is 0.465 e. The number of fused-ring (bicyclic) bond motifs is 1. The average Bonchev–Trinajstić information content (AvgIpc) is 2.79. The van der Waals surface area contributed by atoms with Crippen molar-refractivity contribution in [3.05, 3.63) is 29.3 Å². The Morgan fingerprint density at radius 1 is 1.14 bits per heavy atom. The Kier molecular flexibility index (Phi) is 3.72. The summed E-state index contributed by atoms with van der Waals surface area (Å²) in [6, 6.07) is 5.04. The molecule has 22 heavy (non-hydrogen) atoms. The van der Waals surface area contributed by atoms with E-state index in [0.717, 1.165) is 25.7 Å². The van der Waals surface area contributed by atoms with Gasteiger partial charge in [-0.1, -0.05) is 18.9 Å². The van der Waals surface area contributed by atoms with E-state index in [-0.39, 0.29) is 23.7 Å². The predicted molar refractivity (Wildman–Crippen MR) is 80.5 cm³/mol. The minimum atomic E-state index is -0.462. The first-order chi connectivity index (χ1) is 10.6. The number of nitrogens with zero attached hydrogens (tertiary/aromatic N) is 1. The molecule has 116 valence electrons.